The highest BCUT2D eigenvalue weighted by Gasteiger charge is 2.35. The molecule has 0 aliphatic heterocycles. The lowest BCUT2D eigenvalue weighted by molar-refractivity contribution is -0.144. The summed E-state index contributed by atoms with van der Waals surface area (Å²) in [4.78, 5) is 22.9. The number of hydrogen-bond donors (Lipinski definition) is 0. The number of carbonyl (C=O) groups is 2. The fourth-order valence-electron chi connectivity index (χ4n) is 1.20. The second-order valence-electron chi connectivity index (χ2n) is 3.51. The van der Waals surface area contributed by atoms with Crippen molar-refractivity contribution in [2.45, 2.75) is 32.4 Å². The summed E-state index contributed by atoms with van der Waals surface area (Å²) < 4.78 is 3.99. The Morgan fingerprint density at radius 2 is 2.00 bits per heavy atom. The number of allylic oxidation sites excluding steroid dienone is 2. The van der Waals surface area contributed by atoms with Gasteiger partial charge in [-0.05, 0) is 20.8 Å². The molecule has 0 aromatic rings. The standard InChI is InChI=1S/C12H18O3S/c1-6-9(3)8-12(5,16-10(4)13)11(14)15-7-2/h6,8H,1,7H2,2-5H3/b9-8+. The topological polar surface area (TPSA) is 43.4 Å². The van der Waals surface area contributed by atoms with Gasteiger partial charge < -0.3 is 4.74 Å². The van der Waals surface area contributed by atoms with E-state index in [9.17, 15) is 9.59 Å². The van der Waals surface area contributed by atoms with Crippen molar-refractivity contribution in [3.05, 3.63) is 24.3 Å². The first-order valence-corrected chi connectivity index (χ1v) is 5.86. The third kappa shape index (κ3) is 4.66. The van der Waals surface area contributed by atoms with Crippen LogP contribution in [0.25, 0.3) is 0 Å². The Kier molecular flexibility index (Phi) is 6.11. The van der Waals surface area contributed by atoms with Crippen molar-refractivity contribution in [3.63, 3.8) is 0 Å². The van der Waals surface area contributed by atoms with Gasteiger partial charge in [0.05, 0.1) is 6.61 Å². The largest absolute Gasteiger partial charge is 0.465 e. The van der Waals surface area contributed by atoms with Gasteiger partial charge in [-0.2, -0.15) is 0 Å². The maximum atomic E-state index is 11.8. The van der Waals surface area contributed by atoms with Crippen LogP contribution >= 0.6 is 11.8 Å². The van der Waals surface area contributed by atoms with Crippen LogP contribution in [-0.2, 0) is 14.3 Å². The van der Waals surface area contributed by atoms with Crippen LogP contribution in [0.1, 0.15) is 27.7 Å². The molecule has 4 heteroatoms. The molecule has 0 aromatic carbocycles. The summed E-state index contributed by atoms with van der Waals surface area (Å²) in [5, 5.41) is -0.122. The first kappa shape index (κ1) is 15.0. The quantitative estimate of drug-likeness (QED) is 0.549. The molecule has 0 N–H and O–H groups in total. The summed E-state index contributed by atoms with van der Waals surface area (Å²) >= 11 is 0.956. The third-order valence-corrected chi connectivity index (χ3v) is 2.86. The highest BCUT2D eigenvalue weighted by atomic mass is 32.2. The van der Waals surface area contributed by atoms with Crippen molar-refractivity contribution >= 4 is 22.8 Å². The Morgan fingerprint density at radius 3 is 2.38 bits per heavy atom. The summed E-state index contributed by atoms with van der Waals surface area (Å²) in [6, 6.07) is 0. The van der Waals surface area contributed by atoms with E-state index >= 15 is 0 Å². The number of hydrogen-bond acceptors (Lipinski definition) is 4. The highest BCUT2D eigenvalue weighted by Crippen LogP contribution is 2.30. The minimum absolute atomic E-state index is 0.122. The first-order valence-electron chi connectivity index (χ1n) is 5.04. The molecule has 0 aromatic heterocycles. The molecule has 0 heterocycles. The molecule has 1 atom stereocenters. The SMILES string of the molecule is C=C/C(C)=C/C(C)(SC(C)=O)C(=O)OCC. The predicted octanol–water partition coefficient (Wildman–Crippen LogP) is 2.72. The van der Waals surface area contributed by atoms with Crippen molar-refractivity contribution in [2.24, 2.45) is 0 Å². The summed E-state index contributed by atoms with van der Waals surface area (Å²) in [5.74, 6) is -0.406. The van der Waals surface area contributed by atoms with Crippen molar-refractivity contribution < 1.29 is 14.3 Å². The zero-order chi connectivity index (χ0) is 12.8. The fraction of sp³-hybridized carbons (Fsp3) is 0.500. The second kappa shape index (κ2) is 6.53. The normalized spacial score (nSPS) is 15.1. The number of thioether (sulfide) groups is 1. The number of carbonyl (C=O) groups excluding carboxylic acids is 2. The van der Waals surface area contributed by atoms with E-state index in [4.69, 9.17) is 4.74 Å². The molecule has 3 nitrogen and oxygen atoms in total. The van der Waals surface area contributed by atoms with Gasteiger partial charge in [0.25, 0.3) is 0 Å². The zero-order valence-electron chi connectivity index (χ0n) is 10.2. The minimum Gasteiger partial charge on any atom is -0.465 e. The Balaban J connectivity index is 5.09. The molecule has 90 valence electrons. The molecule has 1 unspecified atom stereocenters. The van der Waals surface area contributed by atoms with Gasteiger partial charge in [-0.3, -0.25) is 9.59 Å². The summed E-state index contributed by atoms with van der Waals surface area (Å²) in [6.45, 7) is 10.6. The molecule has 0 aliphatic rings. The molecule has 0 saturated carbocycles. The van der Waals surface area contributed by atoms with E-state index < -0.39 is 10.7 Å². The monoisotopic (exact) mass is 242 g/mol. The van der Waals surface area contributed by atoms with Gasteiger partial charge in [0.15, 0.2) is 5.12 Å². The van der Waals surface area contributed by atoms with Crippen LogP contribution in [0.15, 0.2) is 24.3 Å². The van der Waals surface area contributed by atoms with Gasteiger partial charge >= 0.3 is 5.97 Å². The Labute approximate surface area is 101 Å². The minimum atomic E-state index is -0.972. The van der Waals surface area contributed by atoms with Gasteiger partial charge in [0.1, 0.15) is 4.75 Å². The Bertz CT molecular complexity index is 320. The molecule has 0 radical (unpaired) electrons. The van der Waals surface area contributed by atoms with Crippen molar-refractivity contribution in [2.75, 3.05) is 6.61 Å². The van der Waals surface area contributed by atoms with E-state index in [1.165, 1.54) is 6.92 Å². The molecule has 0 spiro atoms. The molecule has 0 aliphatic carbocycles. The molecule has 0 fully saturated rings. The maximum Gasteiger partial charge on any atom is 0.326 e. The van der Waals surface area contributed by atoms with Crippen LogP contribution < -0.4 is 0 Å². The van der Waals surface area contributed by atoms with E-state index in [0.29, 0.717) is 6.61 Å². The average molecular weight is 242 g/mol. The molecule has 0 bridgehead atoms. The number of esters is 1. The van der Waals surface area contributed by atoms with Gasteiger partial charge in [-0.25, -0.2) is 0 Å². The lowest BCUT2D eigenvalue weighted by Gasteiger charge is -2.22. The van der Waals surface area contributed by atoms with Gasteiger partial charge in [-0.1, -0.05) is 36.1 Å². The predicted molar refractivity (Wildman–Crippen MR) is 67.3 cm³/mol. The van der Waals surface area contributed by atoms with Gasteiger partial charge in [0, 0.05) is 6.92 Å². The third-order valence-electron chi connectivity index (χ3n) is 1.86. The molecular formula is C12H18O3S. The maximum absolute atomic E-state index is 11.8. The zero-order valence-corrected chi connectivity index (χ0v) is 11.0. The first-order chi connectivity index (χ1) is 7.35. The number of ether oxygens (including phenoxy) is 1. The number of rotatable bonds is 5. The second-order valence-corrected chi connectivity index (χ2v) is 5.14. The van der Waals surface area contributed by atoms with E-state index in [1.807, 2.05) is 6.92 Å². The Hall–Kier alpha value is -1.03. The van der Waals surface area contributed by atoms with Gasteiger partial charge in [-0.15, -0.1) is 0 Å². The fourth-order valence-corrected chi connectivity index (χ4v) is 2.18. The molecule has 0 rings (SSSR count). The van der Waals surface area contributed by atoms with Crippen molar-refractivity contribution in [3.8, 4) is 0 Å². The smallest absolute Gasteiger partial charge is 0.326 e. The van der Waals surface area contributed by atoms with Crippen LogP contribution in [0.5, 0.6) is 0 Å². The Morgan fingerprint density at radius 1 is 1.44 bits per heavy atom. The molecule has 0 saturated heterocycles. The van der Waals surface area contributed by atoms with Crippen LogP contribution in [0.2, 0.25) is 0 Å². The average Bonchev–Trinajstić information content (AvgIpc) is 2.16. The van der Waals surface area contributed by atoms with Crippen LogP contribution in [0.3, 0.4) is 0 Å². The van der Waals surface area contributed by atoms with E-state index in [2.05, 4.69) is 6.58 Å². The summed E-state index contributed by atoms with van der Waals surface area (Å²) in [7, 11) is 0. The van der Waals surface area contributed by atoms with Crippen LogP contribution in [-0.4, -0.2) is 22.4 Å². The molecular weight excluding hydrogens is 224 g/mol. The van der Waals surface area contributed by atoms with E-state index in [-0.39, 0.29) is 5.12 Å². The van der Waals surface area contributed by atoms with E-state index in [0.717, 1.165) is 17.3 Å². The molecule has 16 heavy (non-hydrogen) atoms. The molecule has 0 amide bonds. The van der Waals surface area contributed by atoms with Crippen molar-refractivity contribution in [1.29, 1.82) is 0 Å². The van der Waals surface area contributed by atoms with Crippen LogP contribution in [0, 0.1) is 0 Å². The highest BCUT2D eigenvalue weighted by molar-refractivity contribution is 8.15. The van der Waals surface area contributed by atoms with Crippen LogP contribution in [0.4, 0.5) is 0 Å². The lowest BCUT2D eigenvalue weighted by atomic mass is 10.1. The lowest BCUT2D eigenvalue weighted by Crippen LogP contribution is -2.33. The van der Waals surface area contributed by atoms with Gasteiger partial charge in [0.2, 0.25) is 0 Å². The summed E-state index contributed by atoms with van der Waals surface area (Å²) in [5.41, 5.74) is 0.837. The summed E-state index contributed by atoms with van der Waals surface area (Å²) in [6.07, 6.45) is 3.34. The van der Waals surface area contributed by atoms with Crippen molar-refractivity contribution in [1.82, 2.24) is 0 Å². The van der Waals surface area contributed by atoms with E-state index in [1.54, 1.807) is 26.0 Å².